The third kappa shape index (κ3) is 5.63. The number of methoxy groups -OCH3 is 1. The van der Waals surface area contributed by atoms with Crippen LogP contribution in [0.3, 0.4) is 0 Å². The van der Waals surface area contributed by atoms with Crippen LogP contribution in [-0.4, -0.2) is 28.0 Å². The van der Waals surface area contributed by atoms with E-state index in [9.17, 15) is 4.79 Å². The molecule has 0 spiro atoms. The van der Waals surface area contributed by atoms with E-state index in [1.54, 1.807) is 0 Å². The predicted octanol–water partition coefficient (Wildman–Crippen LogP) is 5.51. The summed E-state index contributed by atoms with van der Waals surface area (Å²) in [4.78, 5) is 14.6. The van der Waals surface area contributed by atoms with Crippen LogP contribution in [0.2, 0.25) is 0 Å². The van der Waals surface area contributed by atoms with Gasteiger partial charge in [0.1, 0.15) is 0 Å². The Hall–Kier alpha value is -2.53. The molecule has 0 N–H and O–H groups in total. The molecule has 0 atom stereocenters. The molecule has 0 saturated heterocycles. The van der Waals surface area contributed by atoms with Gasteiger partial charge in [-0.1, -0.05) is 0 Å². The number of rotatable bonds is 3. The molecule has 0 fully saturated rings. The molecule has 0 amide bonds. The monoisotopic (exact) mass is 492 g/mol. The van der Waals surface area contributed by atoms with Crippen molar-refractivity contribution in [2.75, 3.05) is 7.11 Å². The summed E-state index contributed by atoms with van der Waals surface area (Å²) >= 11 is 0.0199. The quantitative estimate of drug-likeness (QED) is 0.245. The van der Waals surface area contributed by atoms with Gasteiger partial charge in [-0.2, -0.15) is 0 Å². The zero-order chi connectivity index (χ0) is 23.5. The fourth-order valence-electron chi connectivity index (χ4n) is 3.82. The van der Waals surface area contributed by atoms with E-state index in [2.05, 4.69) is 98.6 Å². The first-order chi connectivity index (χ1) is 15.0. The van der Waals surface area contributed by atoms with Crippen molar-refractivity contribution in [3.05, 3.63) is 82.4 Å². The molecular weight excluding hydrogens is 459 g/mol. The molecule has 3 rings (SSSR count). The summed E-state index contributed by atoms with van der Waals surface area (Å²) in [7, 11) is 1.37. The first kappa shape index (κ1) is 24.1. The molecule has 2 aromatic carbocycles. The Morgan fingerprint density at radius 1 is 1.12 bits per heavy atom. The molecule has 0 unspecified atom stereocenters. The van der Waals surface area contributed by atoms with Gasteiger partial charge < -0.3 is 0 Å². The fraction of sp³-hybridized carbons (Fsp3) is 0.345. The summed E-state index contributed by atoms with van der Waals surface area (Å²) in [5.74, 6) is 2.71. The predicted molar refractivity (Wildman–Crippen MR) is 135 cm³/mol. The molecule has 166 valence electrons. The van der Waals surface area contributed by atoms with Crippen LogP contribution in [-0.2, 0) is 20.4 Å². The molecule has 3 heteroatoms. The molecule has 0 heterocycles. The zero-order valence-electron chi connectivity index (χ0n) is 20.1. The maximum absolute atomic E-state index is 11.3. The van der Waals surface area contributed by atoms with Crippen LogP contribution in [0.5, 0.6) is 0 Å². The van der Waals surface area contributed by atoms with Crippen LogP contribution in [0.25, 0.3) is 5.57 Å². The van der Waals surface area contributed by atoms with E-state index < -0.39 is 0 Å². The van der Waals surface area contributed by atoms with Gasteiger partial charge >= 0.3 is 200 Å². The number of hydrogen-bond donors (Lipinski definition) is 0. The van der Waals surface area contributed by atoms with Crippen LogP contribution >= 0.6 is 0 Å². The number of hydrogen-bond acceptors (Lipinski definition) is 2. The molecule has 2 nitrogen and oxygen atoms in total. The zero-order valence-corrected chi connectivity index (χ0v) is 21.8. The Labute approximate surface area is 199 Å². The van der Waals surface area contributed by atoms with E-state index in [-0.39, 0.29) is 31.8 Å². The average Bonchev–Trinajstić information content (AvgIpc) is 2.73. The fourth-order valence-corrected chi connectivity index (χ4v) is 5.17. The molecule has 2 aromatic rings. The summed E-state index contributed by atoms with van der Waals surface area (Å²) in [5, 5.41) is 0. The molecule has 0 bridgehead atoms. The van der Waals surface area contributed by atoms with Gasteiger partial charge in [0.15, 0.2) is 0 Å². The number of benzene rings is 2. The van der Waals surface area contributed by atoms with Crippen LogP contribution in [0.1, 0.15) is 70.2 Å². The van der Waals surface area contributed by atoms with E-state index in [1.807, 2.05) is 6.92 Å². The standard InChI is InChI=1S/C29H32O2Se/c1-20(18-27(30)31-7)15-17-32-23-12-13-25-24(14-16-29(5,6)26(25)19-23)21-8-10-22(11-9-21)28(2,3)4/h8-14,18-19H,16H2,1-7H3. The molecule has 0 saturated carbocycles. The number of carbonyl (C=O) groups excluding carboxylic acids is 1. The van der Waals surface area contributed by atoms with Crippen molar-refractivity contribution in [3.63, 3.8) is 0 Å². The van der Waals surface area contributed by atoms with Gasteiger partial charge in [0.25, 0.3) is 0 Å². The van der Waals surface area contributed by atoms with Gasteiger partial charge in [0.2, 0.25) is 0 Å². The first-order valence-corrected chi connectivity index (χ1v) is 12.6. The summed E-state index contributed by atoms with van der Waals surface area (Å²) in [6, 6.07) is 15.8. The van der Waals surface area contributed by atoms with Gasteiger partial charge in [-0.25, -0.2) is 0 Å². The third-order valence-electron chi connectivity index (χ3n) is 5.84. The first-order valence-electron chi connectivity index (χ1n) is 10.9. The average molecular weight is 492 g/mol. The minimum atomic E-state index is -0.366. The topological polar surface area (TPSA) is 26.3 Å². The van der Waals surface area contributed by atoms with Crippen molar-refractivity contribution in [2.24, 2.45) is 0 Å². The van der Waals surface area contributed by atoms with Crippen molar-refractivity contribution in [2.45, 2.75) is 58.8 Å². The summed E-state index contributed by atoms with van der Waals surface area (Å²) in [6.07, 6.45) is 4.83. The number of carbonyl (C=O) groups is 1. The van der Waals surface area contributed by atoms with Crippen LogP contribution in [0.15, 0.2) is 60.2 Å². The maximum atomic E-state index is 11.3. The number of allylic oxidation sites excluding steroid dienone is 2. The second-order valence-corrected chi connectivity index (χ2v) is 11.8. The van der Waals surface area contributed by atoms with E-state index in [4.69, 9.17) is 0 Å². The summed E-state index contributed by atoms with van der Waals surface area (Å²) < 4.78 is 5.91. The van der Waals surface area contributed by atoms with Crippen molar-refractivity contribution >= 4 is 31.0 Å². The molecular formula is C29H32O2Se. The summed E-state index contributed by atoms with van der Waals surface area (Å²) in [5.41, 5.74) is 7.62. The minimum absolute atomic E-state index is 0.0199. The van der Waals surface area contributed by atoms with Gasteiger partial charge in [-0.05, 0) is 0 Å². The second-order valence-electron chi connectivity index (χ2n) is 9.92. The van der Waals surface area contributed by atoms with Crippen LogP contribution < -0.4 is 4.46 Å². The number of fused-ring (bicyclic) bond motifs is 1. The second kappa shape index (κ2) is 9.53. The Bertz CT molecular complexity index is 1130. The van der Waals surface area contributed by atoms with E-state index in [1.165, 1.54) is 45.5 Å². The van der Waals surface area contributed by atoms with E-state index >= 15 is 0 Å². The van der Waals surface area contributed by atoms with Gasteiger partial charge in [-0.15, -0.1) is 0 Å². The van der Waals surface area contributed by atoms with Gasteiger partial charge in [-0.3, -0.25) is 0 Å². The molecule has 1 aliphatic rings. The molecule has 0 aliphatic heterocycles. The van der Waals surface area contributed by atoms with Crippen molar-refractivity contribution in [1.82, 2.24) is 0 Å². The normalized spacial score (nSPS) is 15.2. The SMILES string of the molecule is COC(=O)C=C(C)C#C[Se]c1ccc2c(c1)C(C)(C)CC=C2c1ccc(C(C)(C)C)cc1. The van der Waals surface area contributed by atoms with Crippen molar-refractivity contribution in [3.8, 4) is 10.7 Å². The van der Waals surface area contributed by atoms with Crippen molar-refractivity contribution < 1.29 is 9.53 Å². The third-order valence-corrected chi connectivity index (χ3v) is 7.30. The van der Waals surface area contributed by atoms with E-state index in [0.717, 1.165) is 12.0 Å². The Kier molecular flexibility index (Phi) is 7.19. The van der Waals surface area contributed by atoms with Gasteiger partial charge in [0, 0.05) is 0 Å². The van der Waals surface area contributed by atoms with E-state index in [0.29, 0.717) is 0 Å². The molecule has 1 aliphatic carbocycles. The Balaban J connectivity index is 1.89. The molecule has 0 aromatic heterocycles. The Morgan fingerprint density at radius 2 is 1.81 bits per heavy atom. The van der Waals surface area contributed by atoms with Crippen LogP contribution in [0.4, 0.5) is 0 Å². The molecule has 32 heavy (non-hydrogen) atoms. The van der Waals surface area contributed by atoms with Crippen LogP contribution in [0, 0.1) is 10.7 Å². The Morgan fingerprint density at radius 3 is 2.44 bits per heavy atom. The number of esters is 1. The molecule has 0 radical (unpaired) electrons. The summed E-state index contributed by atoms with van der Waals surface area (Å²) in [6.45, 7) is 13.2. The number of ether oxygens (including phenoxy) is 1. The van der Waals surface area contributed by atoms with Crippen molar-refractivity contribution in [1.29, 1.82) is 0 Å². The van der Waals surface area contributed by atoms with Gasteiger partial charge in [0.05, 0.1) is 0 Å².